The molecule has 6 aromatic rings. The van der Waals surface area contributed by atoms with Gasteiger partial charge in [-0.2, -0.15) is 10.1 Å². The molecule has 8 rings (SSSR count). The van der Waals surface area contributed by atoms with E-state index < -0.39 is 0 Å². The Balaban J connectivity index is 1.01. The van der Waals surface area contributed by atoms with Crippen molar-refractivity contribution in [2.45, 2.75) is 76.5 Å². The number of fused-ring (bicyclic) bond motifs is 2. The highest BCUT2D eigenvalue weighted by Gasteiger charge is 2.36. The van der Waals surface area contributed by atoms with E-state index in [2.05, 4.69) is 63.9 Å². The van der Waals surface area contributed by atoms with E-state index in [4.69, 9.17) is 31.2 Å². The minimum Gasteiger partial charge on any atom is -0.451 e. The van der Waals surface area contributed by atoms with Crippen LogP contribution in [0.15, 0.2) is 61.2 Å². The Labute approximate surface area is 271 Å². The summed E-state index contributed by atoms with van der Waals surface area (Å²) in [6.45, 7) is 7.25. The Hall–Kier alpha value is -4.48. The summed E-state index contributed by atoms with van der Waals surface area (Å²) < 4.78 is 18.4. The minimum atomic E-state index is -0.0969. The van der Waals surface area contributed by atoms with Crippen LogP contribution in [-0.2, 0) is 23.8 Å². The lowest BCUT2D eigenvalue weighted by molar-refractivity contribution is -0.0394. The first-order valence-corrected chi connectivity index (χ1v) is 16.1. The molecule has 0 unspecified atom stereocenters. The highest BCUT2D eigenvalue weighted by atomic mass is 35.5. The van der Waals surface area contributed by atoms with Crippen LogP contribution in [0.25, 0.3) is 16.8 Å². The average Bonchev–Trinajstić information content (AvgIpc) is 3.49. The number of hydrogen-bond donors (Lipinski definition) is 1. The second kappa shape index (κ2) is 11.1. The van der Waals surface area contributed by atoms with Crippen molar-refractivity contribution in [3.63, 3.8) is 0 Å². The molecule has 0 saturated heterocycles. The van der Waals surface area contributed by atoms with Crippen LogP contribution in [0.5, 0.6) is 11.5 Å². The van der Waals surface area contributed by atoms with Crippen LogP contribution in [0.3, 0.4) is 0 Å². The smallest absolute Gasteiger partial charge is 0.210 e. The number of nitrogens with one attached hydrogen (secondary N) is 1. The molecule has 1 N–H and O–H groups in total. The second-order valence-electron chi connectivity index (χ2n) is 13.4. The first-order valence-electron chi connectivity index (χ1n) is 15.8. The fourth-order valence-electron chi connectivity index (χ4n) is 6.07. The predicted molar refractivity (Wildman–Crippen MR) is 176 cm³/mol. The minimum absolute atomic E-state index is 0.0969. The lowest BCUT2D eigenvalue weighted by atomic mass is 9.86. The molecule has 0 spiro atoms. The summed E-state index contributed by atoms with van der Waals surface area (Å²) in [5.41, 5.74) is 4.21. The molecule has 0 amide bonds. The number of ether oxygens (including phenoxy) is 2. The zero-order chi connectivity index (χ0) is 31.6. The zero-order valence-corrected chi connectivity index (χ0v) is 27.1. The van der Waals surface area contributed by atoms with Gasteiger partial charge in [-0.15, -0.1) is 0 Å². The molecule has 2 aliphatic carbocycles. The van der Waals surface area contributed by atoms with Crippen molar-refractivity contribution < 1.29 is 9.47 Å². The van der Waals surface area contributed by atoms with Crippen molar-refractivity contribution in [2.24, 2.45) is 7.05 Å². The fourth-order valence-corrected chi connectivity index (χ4v) is 6.37. The zero-order valence-electron chi connectivity index (χ0n) is 26.3. The number of rotatable bonds is 9. The molecule has 0 radical (unpaired) electrons. The number of aryl methyl sites for hydroxylation is 1. The lowest BCUT2D eigenvalue weighted by Gasteiger charge is -2.37. The first-order chi connectivity index (χ1) is 22.2. The molecule has 2 aliphatic rings. The lowest BCUT2D eigenvalue weighted by Crippen LogP contribution is -2.36. The Kier molecular flexibility index (Phi) is 6.99. The quantitative estimate of drug-likeness (QED) is 0.174. The fraction of sp³-hybridized carbons (Fsp3) is 0.382. The van der Waals surface area contributed by atoms with Gasteiger partial charge >= 0.3 is 0 Å². The second-order valence-corrected chi connectivity index (χ2v) is 13.8. The average molecular weight is 638 g/mol. The van der Waals surface area contributed by atoms with E-state index in [1.165, 1.54) is 5.56 Å². The van der Waals surface area contributed by atoms with Crippen LogP contribution >= 0.6 is 11.6 Å². The van der Waals surface area contributed by atoms with E-state index in [0.29, 0.717) is 46.2 Å². The Morgan fingerprint density at radius 1 is 1.02 bits per heavy atom. The molecular formula is C34H36ClN9O2. The van der Waals surface area contributed by atoms with E-state index >= 15 is 0 Å². The van der Waals surface area contributed by atoms with Crippen LogP contribution < -0.4 is 10.1 Å². The predicted octanol–water partition coefficient (Wildman–Crippen LogP) is 7.49. The maximum absolute atomic E-state index is 6.91. The molecule has 46 heavy (non-hydrogen) atoms. The molecular weight excluding hydrogens is 602 g/mol. The van der Waals surface area contributed by atoms with Gasteiger partial charge in [0.05, 0.1) is 43.5 Å². The van der Waals surface area contributed by atoms with Gasteiger partial charge in [0.25, 0.3) is 0 Å². The molecule has 0 atom stereocenters. The summed E-state index contributed by atoms with van der Waals surface area (Å²) in [5, 5.41) is 8.84. The normalized spacial score (nSPS) is 18.3. The van der Waals surface area contributed by atoms with Gasteiger partial charge in [0.1, 0.15) is 16.4 Å². The van der Waals surface area contributed by atoms with Crippen LogP contribution in [0.2, 0.25) is 5.02 Å². The van der Waals surface area contributed by atoms with Gasteiger partial charge in [-0.3, -0.25) is 9.08 Å². The van der Waals surface area contributed by atoms with Crippen molar-refractivity contribution in [3.8, 4) is 11.5 Å². The SMILES string of the molecule is Cn1c(Nc2cc(C(C)(C)C)n([C@H]3C[C@H](OCc4ccccc4)C3)n2)nc2ncc(Oc3cnc4cnc(C5CC5)n4c3)c(Cl)c21. The van der Waals surface area contributed by atoms with Gasteiger partial charge in [0, 0.05) is 30.1 Å². The molecule has 1 aromatic carbocycles. The summed E-state index contributed by atoms with van der Waals surface area (Å²) in [6.07, 6.45) is 11.3. The van der Waals surface area contributed by atoms with Gasteiger partial charge in [0.2, 0.25) is 5.95 Å². The van der Waals surface area contributed by atoms with Crippen molar-refractivity contribution in [1.82, 2.24) is 38.7 Å². The Morgan fingerprint density at radius 2 is 1.83 bits per heavy atom. The molecule has 5 heterocycles. The van der Waals surface area contributed by atoms with Gasteiger partial charge in [0.15, 0.2) is 28.6 Å². The standard InChI is InChI=1S/C34H36ClN9O2/c1-34(2,3)26-14-27(41-44(26)22-12-23(13-22)45-19-20-8-6-5-7-9-20)39-33-40-31-30(42(33)4)29(35)25(16-37-31)46-24-15-36-28-17-38-32(21-10-11-21)43(28)18-24/h5-9,14-18,21-23H,10-13,19H2,1-4H3,(H,37,39,40,41)/t22-,23-. The van der Waals surface area contributed by atoms with E-state index in [0.717, 1.165) is 48.7 Å². The summed E-state index contributed by atoms with van der Waals surface area (Å²) in [6, 6.07) is 12.7. The number of pyridine rings is 1. The molecule has 12 heteroatoms. The topological polar surface area (TPSA) is 109 Å². The van der Waals surface area contributed by atoms with Crippen LogP contribution in [0.1, 0.15) is 75.5 Å². The molecule has 0 aliphatic heterocycles. The third kappa shape index (κ3) is 5.37. The maximum atomic E-state index is 6.91. The van der Waals surface area contributed by atoms with Crippen molar-refractivity contribution >= 4 is 40.2 Å². The maximum Gasteiger partial charge on any atom is 0.210 e. The summed E-state index contributed by atoms with van der Waals surface area (Å²) in [5.74, 6) is 3.78. The molecule has 0 bridgehead atoms. The number of aromatic nitrogens is 8. The number of benzene rings is 1. The van der Waals surface area contributed by atoms with Crippen molar-refractivity contribution in [1.29, 1.82) is 0 Å². The number of nitrogens with zero attached hydrogens (tertiary/aromatic N) is 8. The highest BCUT2D eigenvalue weighted by Crippen LogP contribution is 2.41. The van der Waals surface area contributed by atoms with Gasteiger partial charge in [-0.1, -0.05) is 62.7 Å². The van der Waals surface area contributed by atoms with E-state index in [1.807, 2.05) is 40.4 Å². The summed E-state index contributed by atoms with van der Waals surface area (Å²) in [4.78, 5) is 18.4. The van der Waals surface area contributed by atoms with E-state index in [-0.39, 0.29) is 17.6 Å². The number of hydrogen-bond acceptors (Lipinski definition) is 8. The Morgan fingerprint density at radius 3 is 2.59 bits per heavy atom. The molecule has 5 aromatic heterocycles. The van der Waals surface area contributed by atoms with Crippen molar-refractivity contribution in [3.05, 3.63) is 83.3 Å². The van der Waals surface area contributed by atoms with E-state index in [1.54, 1.807) is 18.6 Å². The number of halogens is 1. The molecule has 11 nitrogen and oxygen atoms in total. The van der Waals surface area contributed by atoms with Crippen LogP contribution in [-0.4, -0.2) is 44.8 Å². The van der Waals surface area contributed by atoms with Crippen molar-refractivity contribution in [2.75, 3.05) is 5.32 Å². The van der Waals surface area contributed by atoms with Gasteiger partial charge < -0.3 is 19.4 Å². The number of imidazole rings is 2. The molecule has 2 fully saturated rings. The summed E-state index contributed by atoms with van der Waals surface area (Å²) in [7, 11) is 1.90. The third-order valence-electron chi connectivity index (χ3n) is 8.85. The van der Waals surface area contributed by atoms with Gasteiger partial charge in [-0.05, 0) is 31.2 Å². The molecule has 236 valence electrons. The number of anilines is 2. The monoisotopic (exact) mass is 637 g/mol. The first kappa shape index (κ1) is 29.0. The Bertz CT molecular complexity index is 2050. The van der Waals surface area contributed by atoms with Crippen LogP contribution in [0, 0.1) is 0 Å². The highest BCUT2D eigenvalue weighted by molar-refractivity contribution is 6.36. The molecule has 2 saturated carbocycles. The van der Waals surface area contributed by atoms with E-state index in [9.17, 15) is 0 Å². The third-order valence-corrected chi connectivity index (χ3v) is 9.22. The largest absolute Gasteiger partial charge is 0.451 e. The van der Waals surface area contributed by atoms with Crippen LogP contribution in [0.4, 0.5) is 11.8 Å². The summed E-state index contributed by atoms with van der Waals surface area (Å²) >= 11 is 6.91. The van der Waals surface area contributed by atoms with Gasteiger partial charge in [-0.25, -0.2) is 15.0 Å².